The minimum Gasteiger partial charge on any atom is -0.476 e. The standard InChI is InChI=1S/C35H37N5O5/c1-22(2)19-28(37-35(44)40(25-13-7-5-8-14-25)26-15-9-6-10-16-26)32(41)36-29(33-38-31(34(42)43)23(3)45-33)20-24-21-39(4)30-18-12-11-17-27(24)30/h5-18,21-22,28-29H,19-20H2,1-4H3,(H,36,41)(H,37,44)(H,42,43)/t28-,29+/m0/s1. The van der Waals surface area contributed by atoms with Crippen LogP contribution in [-0.2, 0) is 18.3 Å². The fourth-order valence-corrected chi connectivity index (χ4v) is 5.50. The van der Waals surface area contributed by atoms with Crippen LogP contribution in [0.15, 0.2) is 95.5 Å². The van der Waals surface area contributed by atoms with Gasteiger partial charge in [-0.3, -0.25) is 9.69 Å². The number of anilines is 2. The molecule has 0 aliphatic heterocycles. The summed E-state index contributed by atoms with van der Waals surface area (Å²) in [5.74, 6) is -1.36. The van der Waals surface area contributed by atoms with Crippen LogP contribution < -0.4 is 15.5 Å². The van der Waals surface area contributed by atoms with Crippen LogP contribution in [0.1, 0.15) is 54.0 Å². The molecule has 2 aromatic heterocycles. The summed E-state index contributed by atoms with van der Waals surface area (Å²) >= 11 is 0. The van der Waals surface area contributed by atoms with Gasteiger partial charge in [-0.05, 0) is 55.2 Å². The number of urea groups is 1. The van der Waals surface area contributed by atoms with Crippen LogP contribution >= 0.6 is 0 Å². The highest BCUT2D eigenvalue weighted by Crippen LogP contribution is 2.28. The number of aromatic carboxylic acids is 1. The second-order valence-corrected chi connectivity index (χ2v) is 11.4. The van der Waals surface area contributed by atoms with E-state index >= 15 is 0 Å². The Morgan fingerprint density at radius 2 is 1.51 bits per heavy atom. The van der Waals surface area contributed by atoms with E-state index in [0.717, 1.165) is 16.5 Å². The Labute approximate surface area is 261 Å². The van der Waals surface area contributed by atoms with E-state index < -0.39 is 30.0 Å². The monoisotopic (exact) mass is 607 g/mol. The number of carboxylic acid groups (broad SMARTS) is 1. The van der Waals surface area contributed by atoms with Crippen molar-refractivity contribution in [3.63, 3.8) is 0 Å². The Bertz CT molecular complexity index is 1760. The van der Waals surface area contributed by atoms with Crippen LogP contribution in [-0.4, -0.2) is 38.6 Å². The number of aryl methyl sites for hydroxylation is 2. The van der Waals surface area contributed by atoms with Crippen LogP contribution in [0.5, 0.6) is 0 Å². The van der Waals surface area contributed by atoms with Gasteiger partial charge < -0.3 is 24.7 Å². The molecule has 10 heteroatoms. The van der Waals surface area contributed by atoms with Gasteiger partial charge in [-0.25, -0.2) is 14.6 Å². The SMILES string of the molecule is Cc1oc([C@@H](Cc2cn(C)c3ccccc23)NC(=O)[C@H](CC(C)C)NC(=O)N(c2ccccc2)c2ccccc2)nc1C(=O)O. The van der Waals surface area contributed by atoms with Crippen molar-refractivity contribution < 1.29 is 23.9 Å². The molecule has 2 atom stereocenters. The van der Waals surface area contributed by atoms with Crippen LogP contribution in [0.25, 0.3) is 10.9 Å². The van der Waals surface area contributed by atoms with Gasteiger partial charge >= 0.3 is 12.0 Å². The molecule has 5 rings (SSSR count). The van der Waals surface area contributed by atoms with Gasteiger partial charge in [0.15, 0.2) is 5.69 Å². The number of hydrogen-bond donors (Lipinski definition) is 3. The quantitative estimate of drug-likeness (QED) is 0.156. The Kier molecular flexibility index (Phi) is 9.32. The first kappa shape index (κ1) is 31.1. The number of carbonyl (C=O) groups is 3. The van der Waals surface area contributed by atoms with Crippen LogP contribution in [0.2, 0.25) is 0 Å². The molecular formula is C35H37N5O5. The first-order valence-electron chi connectivity index (χ1n) is 14.9. The number of hydrogen-bond acceptors (Lipinski definition) is 5. The molecule has 0 spiro atoms. The molecule has 10 nitrogen and oxygen atoms in total. The lowest BCUT2D eigenvalue weighted by Gasteiger charge is -2.28. The molecule has 3 aromatic carbocycles. The number of nitrogens with zero attached hydrogens (tertiary/aromatic N) is 3. The summed E-state index contributed by atoms with van der Waals surface area (Å²) in [5, 5.41) is 16.6. The predicted octanol–water partition coefficient (Wildman–Crippen LogP) is 6.54. The number of aromatic nitrogens is 2. The Balaban J connectivity index is 1.46. The number of benzene rings is 3. The number of amides is 3. The number of carboxylic acids is 1. The number of carbonyl (C=O) groups excluding carboxylic acids is 2. The molecule has 3 amide bonds. The molecule has 0 aliphatic carbocycles. The molecule has 0 radical (unpaired) electrons. The summed E-state index contributed by atoms with van der Waals surface area (Å²) in [6, 6.07) is 24.2. The number of fused-ring (bicyclic) bond motifs is 1. The van der Waals surface area contributed by atoms with Crippen molar-refractivity contribution in [1.82, 2.24) is 20.2 Å². The third-order valence-electron chi connectivity index (χ3n) is 7.59. The van der Waals surface area contributed by atoms with E-state index in [-0.39, 0.29) is 29.7 Å². The van der Waals surface area contributed by atoms with Crippen molar-refractivity contribution in [3.05, 3.63) is 114 Å². The molecule has 5 aromatic rings. The van der Waals surface area contributed by atoms with Gasteiger partial charge in [-0.15, -0.1) is 0 Å². The summed E-state index contributed by atoms with van der Waals surface area (Å²) in [6.45, 7) is 5.48. The van der Waals surface area contributed by atoms with Crippen LogP contribution in [0.4, 0.5) is 16.2 Å². The fraction of sp³-hybridized carbons (Fsp3) is 0.257. The first-order valence-corrected chi connectivity index (χ1v) is 14.9. The Morgan fingerprint density at radius 3 is 2.09 bits per heavy atom. The Morgan fingerprint density at radius 1 is 0.911 bits per heavy atom. The third kappa shape index (κ3) is 7.06. The number of oxazole rings is 1. The van der Waals surface area contributed by atoms with E-state index in [1.807, 2.05) is 117 Å². The average Bonchev–Trinajstić information content (AvgIpc) is 3.57. The maximum atomic E-state index is 14.0. The van der Waals surface area contributed by atoms with Crippen molar-refractivity contribution in [1.29, 1.82) is 0 Å². The molecule has 0 saturated carbocycles. The van der Waals surface area contributed by atoms with Gasteiger partial charge in [-0.1, -0.05) is 68.4 Å². The zero-order valence-electron chi connectivity index (χ0n) is 25.7. The van der Waals surface area contributed by atoms with Crippen molar-refractivity contribution in [2.75, 3.05) is 4.90 Å². The molecule has 0 aliphatic rings. The lowest BCUT2D eigenvalue weighted by molar-refractivity contribution is -0.124. The van der Waals surface area contributed by atoms with Gasteiger partial charge in [0.2, 0.25) is 11.8 Å². The van der Waals surface area contributed by atoms with Gasteiger partial charge in [0.1, 0.15) is 17.8 Å². The van der Waals surface area contributed by atoms with Crippen LogP contribution in [0.3, 0.4) is 0 Å². The van der Waals surface area contributed by atoms with Crippen molar-refractivity contribution in [2.24, 2.45) is 13.0 Å². The van der Waals surface area contributed by atoms with Crippen LogP contribution in [0, 0.1) is 12.8 Å². The smallest absolute Gasteiger partial charge is 0.358 e. The second-order valence-electron chi connectivity index (χ2n) is 11.4. The van der Waals surface area contributed by atoms with Gasteiger partial charge in [0, 0.05) is 30.6 Å². The molecule has 0 bridgehead atoms. The maximum absolute atomic E-state index is 14.0. The molecule has 45 heavy (non-hydrogen) atoms. The summed E-state index contributed by atoms with van der Waals surface area (Å²) < 4.78 is 7.81. The van der Waals surface area contributed by atoms with E-state index in [9.17, 15) is 19.5 Å². The molecule has 0 fully saturated rings. The molecule has 2 heterocycles. The molecule has 0 unspecified atom stereocenters. The summed E-state index contributed by atoms with van der Waals surface area (Å²) in [5.41, 5.74) is 3.02. The number of nitrogens with one attached hydrogen (secondary N) is 2. The van der Waals surface area contributed by atoms with E-state index in [1.165, 1.54) is 11.8 Å². The summed E-state index contributed by atoms with van der Waals surface area (Å²) in [7, 11) is 1.94. The normalized spacial score (nSPS) is 12.6. The maximum Gasteiger partial charge on any atom is 0.358 e. The minimum absolute atomic E-state index is 0.0714. The van der Waals surface area contributed by atoms with E-state index in [0.29, 0.717) is 17.8 Å². The van der Waals surface area contributed by atoms with Gasteiger partial charge in [-0.2, -0.15) is 0 Å². The van der Waals surface area contributed by atoms with Crippen molar-refractivity contribution in [3.8, 4) is 0 Å². The third-order valence-corrected chi connectivity index (χ3v) is 7.59. The number of para-hydroxylation sites is 3. The lowest BCUT2D eigenvalue weighted by atomic mass is 10.0. The van der Waals surface area contributed by atoms with Crippen molar-refractivity contribution in [2.45, 2.75) is 45.7 Å². The van der Waals surface area contributed by atoms with Crippen molar-refractivity contribution >= 4 is 40.2 Å². The van der Waals surface area contributed by atoms with Gasteiger partial charge in [0.05, 0.1) is 11.4 Å². The van der Waals surface area contributed by atoms with E-state index in [1.54, 1.807) is 0 Å². The van der Waals surface area contributed by atoms with E-state index in [4.69, 9.17) is 4.42 Å². The molecule has 3 N–H and O–H groups in total. The highest BCUT2D eigenvalue weighted by atomic mass is 16.4. The second kappa shape index (κ2) is 13.5. The predicted molar refractivity (Wildman–Crippen MR) is 173 cm³/mol. The fourth-order valence-electron chi connectivity index (χ4n) is 5.50. The summed E-state index contributed by atoms with van der Waals surface area (Å²) in [6.07, 6.45) is 2.62. The summed E-state index contributed by atoms with van der Waals surface area (Å²) in [4.78, 5) is 45.5. The Hall–Kier alpha value is -5.38. The largest absolute Gasteiger partial charge is 0.476 e. The molecular weight excluding hydrogens is 570 g/mol. The zero-order valence-corrected chi connectivity index (χ0v) is 25.7. The van der Waals surface area contributed by atoms with Gasteiger partial charge in [0.25, 0.3) is 0 Å². The molecule has 0 saturated heterocycles. The highest BCUT2D eigenvalue weighted by Gasteiger charge is 2.31. The highest BCUT2D eigenvalue weighted by molar-refractivity contribution is 6.01. The topological polar surface area (TPSA) is 130 Å². The first-order chi connectivity index (χ1) is 21.6. The number of rotatable bonds is 11. The van der Waals surface area contributed by atoms with E-state index in [2.05, 4.69) is 15.6 Å². The lowest BCUT2D eigenvalue weighted by Crippen LogP contribution is -2.51. The average molecular weight is 608 g/mol. The minimum atomic E-state index is -1.22. The molecule has 232 valence electrons. The zero-order chi connectivity index (χ0) is 32.1.